The lowest BCUT2D eigenvalue weighted by Gasteiger charge is -2.32. The number of anilines is 5. The molecule has 0 saturated carbocycles. The molecule has 0 atom stereocenters. The molecule has 0 radical (unpaired) electrons. The number of nitrogens with zero attached hydrogens (tertiary/aromatic N) is 2. The van der Waals surface area contributed by atoms with Crippen molar-refractivity contribution in [1.82, 2.24) is 0 Å². The van der Waals surface area contributed by atoms with E-state index in [1.54, 1.807) is 0 Å². The maximum atomic E-state index is 4.58. The molecule has 61 heavy (non-hydrogen) atoms. The van der Waals surface area contributed by atoms with Gasteiger partial charge >= 0.3 is 0 Å². The van der Waals surface area contributed by atoms with E-state index in [-0.39, 0.29) is 0 Å². The van der Waals surface area contributed by atoms with E-state index in [4.69, 9.17) is 0 Å². The topological polar surface area (TPSA) is 6.48 Å². The van der Waals surface area contributed by atoms with Crippen molar-refractivity contribution in [2.45, 2.75) is 6.92 Å². The first kappa shape index (κ1) is 36.8. The highest BCUT2D eigenvalue weighted by atomic mass is 32.1. The Morgan fingerprint density at radius 1 is 0.443 bits per heavy atom. The van der Waals surface area contributed by atoms with Gasteiger partial charge in [0.2, 0.25) is 0 Å². The number of rotatable bonds is 9. The zero-order chi connectivity index (χ0) is 40.9. The third-order valence-corrected chi connectivity index (χ3v) is 14.0. The number of fused-ring (bicyclic) bond motifs is 8. The lowest BCUT2D eigenvalue weighted by molar-refractivity contribution is 1.22. The maximum Gasteiger partial charge on any atom is 0.0541 e. The van der Waals surface area contributed by atoms with Gasteiger partial charge in [-0.25, -0.2) is 0 Å². The number of para-hydroxylation sites is 1. The Balaban J connectivity index is 1.19. The Morgan fingerprint density at radius 3 is 1.56 bits per heavy atom. The fraction of sp³-hybridized carbons (Fsp3) is 0.0175. The molecule has 0 aliphatic carbocycles. The molecule has 9 aromatic carbocycles. The average molecular weight is 817 g/mol. The summed E-state index contributed by atoms with van der Waals surface area (Å²) in [6, 6.07) is 70.8. The van der Waals surface area contributed by atoms with Gasteiger partial charge in [-0.1, -0.05) is 158 Å². The molecule has 0 saturated heterocycles. The molecule has 4 heteroatoms. The van der Waals surface area contributed by atoms with Crippen molar-refractivity contribution in [2.24, 2.45) is 0 Å². The van der Waals surface area contributed by atoms with Crippen molar-refractivity contribution in [2.75, 3.05) is 9.80 Å². The van der Waals surface area contributed by atoms with Gasteiger partial charge in [0.15, 0.2) is 0 Å². The lowest BCUT2D eigenvalue weighted by Crippen LogP contribution is -2.18. The van der Waals surface area contributed by atoms with Crippen molar-refractivity contribution in [3.8, 4) is 0 Å². The van der Waals surface area contributed by atoms with Gasteiger partial charge in [-0.05, 0) is 78.4 Å². The summed E-state index contributed by atoms with van der Waals surface area (Å²) in [4.78, 5) is 4.87. The van der Waals surface area contributed by atoms with Crippen LogP contribution in [0.25, 0.3) is 67.5 Å². The first-order valence-electron chi connectivity index (χ1n) is 20.7. The molecule has 0 N–H and O–H groups in total. The molecule has 0 fully saturated rings. The van der Waals surface area contributed by atoms with Gasteiger partial charge in [0.25, 0.3) is 0 Å². The second kappa shape index (κ2) is 15.4. The molecule has 0 unspecified atom stereocenters. The van der Waals surface area contributed by atoms with E-state index in [9.17, 15) is 0 Å². The molecule has 0 spiro atoms. The summed E-state index contributed by atoms with van der Waals surface area (Å²) in [5.41, 5.74) is 8.60. The number of thiophene rings is 2. The molecule has 11 aromatic rings. The van der Waals surface area contributed by atoms with Gasteiger partial charge < -0.3 is 9.80 Å². The summed E-state index contributed by atoms with van der Waals surface area (Å²) in [7, 11) is 0. The summed E-state index contributed by atoms with van der Waals surface area (Å²) >= 11 is 3.69. The highest BCUT2D eigenvalue weighted by molar-refractivity contribution is 7.26. The second-order valence-corrected chi connectivity index (χ2v) is 17.4. The van der Waals surface area contributed by atoms with Gasteiger partial charge in [-0.2, -0.15) is 0 Å². The van der Waals surface area contributed by atoms with E-state index in [0.717, 1.165) is 45.3 Å². The van der Waals surface area contributed by atoms with Gasteiger partial charge in [-0.15, -0.1) is 22.7 Å². The van der Waals surface area contributed by atoms with Crippen LogP contribution in [0.2, 0.25) is 0 Å². The van der Waals surface area contributed by atoms with E-state index in [1.807, 2.05) is 28.7 Å². The number of benzene rings is 9. The van der Waals surface area contributed by atoms with E-state index in [2.05, 4.69) is 230 Å². The van der Waals surface area contributed by atoms with E-state index < -0.39 is 0 Å². The number of hydrogen-bond donors (Lipinski definition) is 0. The first-order chi connectivity index (χ1) is 30.2. The SMILES string of the molecule is C=C/C(=C(/C=C\C)c1ccccc1N(c1ccc2c(c1)sc1ccccc12)c1cccc2ccccc12)N(c1ccc2c(c1)sc1ccccc12)c1cccc2ccccc12. The third-order valence-electron chi connectivity index (χ3n) is 11.7. The predicted molar refractivity (Wildman–Crippen MR) is 269 cm³/mol. The largest absolute Gasteiger partial charge is 0.309 e. The first-order valence-corrected chi connectivity index (χ1v) is 22.3. The van der Waals surface area contributed by atoms with Crippen LogP contribution in [0.15, 0.2) is 225 Å². The molecule has 2 aromatic heterocycles. The number of allylic oxidation sites excluding steroid dienone is 4. The Hall–Kier alpha value is -7.24. The van der Waals surface area contributed by atoms with E-state index in [0.29, 0.717) is 0 Å². The molecule has 290 valence electrons. The zero-order valence-electron chi connectivity index (χ0n) is 33.6. The molecule has 0 aliphatic heterocycles. The van der Waals surface area contributed by atoms with Gasteiger partial charge in [0.05, 0.1) is 22.8 Å². The predicted octanol–water partition coefficient (Wildman–Crippen LogP) is 17.5. The van der Waals surface area contributed by atoms with Gasteiger partial charge in [0, 0.05) is 73.6 Å². The van der Waals surface area contributed by atoms with Crippen LogP contribution in [0.3, 0.4) is 0 Å². The smallest absolute Gasteiger partial charge is 0.0541 e. The van der Waals surface area contributed by atoms with Crippen molar-refractivity contribution >= 4 is 119 Å². The van der Waals surface area contributed by atoms with E-state index in [1.165, 1.54) is 61.9 Å². The Morgan fingerprint density at radius 2 is 0.918 bits per heavy atom. The standard InChI is InChI=1S/C57H40N2S2/c1-3-17-44(50(4-2)58(51-28-15-20-38-18-5-7-22-42(38)51)40-32-34-48-46-25-10-13-30-54(46)60-56(48)36-40)45-24-9-12-27-53(45)59(52-29-16-21-39-19-6-8-23-43(39)52)41-33-35-49-47-26-11-14-31-55(47)61-57(49)37-41/h3-37H,2H2,1H3/b17-3-,50-44+. The van der Waals surface area contributed by atoms with E-state index >= 15 is 0 Å². The van der Waals surface area contributed by atoms with Crippen molar-refractivity contribution in [1.29, 1.82) is 0 Å². The molecule has 0 aliphatic rings. The molecule has 0 amide bonds. The van der Waals surface area contributed by atoms with Crippen molar-refractivity contribution < 1.29 is 0 Å². The van der Waals surface area contributed by atoms with Gasteiger partial charge in [-0.3, -0.25) is 0 Å². The maximum absolute atomic E-state index is 4.58. The summed E-state index contributed by atoms with van der Waals surface area (Å²) in [6.45, 7) is 6.69. The molecule has 11 rings (SSSR count). The van der Waals surface area contributed by atoms with Crippen LogP contribution in [-0.2, 0) is 0 Å². The Bertz CT molecular complexity index is 3540. The molecular formula is C57H40N2S2. The van der Waals surface area contributed by atoms with Crippen LogP contribution in [0.4, 0.5) is 28.4 Å². The van der Waals surface area contributed by atoms with Crippen LogP contribution in [-0.4, -0.2) is 0 Å². The second-order valence-electron chi connectivity index (χ2n) is 15.2. The highest BCUT2D eigenvalue weighted by Crippen LogP contribution is 2.47. The van der Waals surface area contributed by atoms with Gasteiger partial charge in [0.1, 0.15) is 0 Å². The quantitative estimate of drug-likeness (QED) is 0.134. The highest BCUT2D eigenvalue weighted by Gasteiger charge is 2.25. The summed E-state index contributed by atoms with van der Waals surface area (Å²) in [6.07, 6.45) is 6.44. The monoisotopic (exact) mass is 816 g/mol. The lowest BCUT2D eigenvalue weighted by atomic mass is 9.96. The summed E-state index contributed by atoms with van der Waals surface area (Å²) in [5.74, 6) is 0. The average Bonchev–Trinajstić information content (AvgIpc) is 3.88. The molecule has 2 nitrogen and oxygen atoms in total. The summed E-state index contributed by atoms with van der Waals surface area (Å²) in [5, 5.41) is 9.86. The van der Waals surface area contributed by atoms with Crippen LogP contribution in [0.1, 0.15) is 12.5 Å². The summed E-state index contributed by atoms with van der Waals surface area (Å²) < 4.78 is 5.09. The third kappa shape index (κ3) is 6.31. The fourth-order valence-corrected chi connectivity index (χ4v) is 11.3. The Labute approximate surface area is 363 Å². The minimum atomic E-state index is 0.986. The minimum absolute atomic E-state index is 0.986. The molecular weight excluding hydrogens is 777 g/mol. The van der Waals surface area contributed by atoms with Crippen LogP contribution >= 0.6 is 22.7 Å². The zero-order valence-corrected chi connectivity index (χ0v) is 35.3. The van der Waals surface area contributed by atoms with Crippen LogP contribution in [0.5, 0.6) is 0 Å². The number of hydrogen-bond acceptors (Lipinski definition) is 4. The molecule has 0 bridgehead atoms. The fourth-order valence-electron chi connectivity index (χ4n) is 9.03. The van der Waals surface area contributed by atoms with Crippen molar-refractivity contribution in [3.05, 3.63) is 230 Å². The molecule has 2 heterocycles. The Kier molecular flexibility index (Phi) is 9.30. The van der Waals surface area contributed by atoms with Crippen LogP contribution in [0, 0.1) is 0 Å². The van der Waals surface area contributed by atoms with Crippen LogP contribution < -0.4 is 9.80 Å². The minimum Gasteiger partial charge on any atom is -0.309 e. The van der Waals surface area contributed by atoms with Crippen molar-refractivity contribution in [3.63, 3.8) is 0 Å². The normalized spacial score (nSPS) is 12.3.